The average molecular weight is 252 g/mol. The van der Waals surface area contributed by atoms with Gasteiger partial charge >= 0.3 is 5.97 Å². The lowest BCUT2D eigenvalue weighted by atomic mass is 10.1. The van der Waals surface area contributed by atoms with Crippen molar-refractivity contribution in [2.24, 2.45) is 0 Å². The number of rotatable bonds is 6. The highest BCUT2D eigenvalue weighted by Crippen LogP contribution is 2.26. The van der Waals surface area contributed by atoms with Crippen LogP contribution in [0.1, 0.15) is 16.8 Å². The molecular formula is C11H12N2O5. The minimum Gasteiger partial charge on any atom is -0.505 e. The molecule has 18 heavy (non-hydrogen) atoms. The number of anilines is 1. The van der Waals surface area contributed by atoms with Gasteiger partial charge < -0.3 is 20.8 Å². The number of hydrogen-bond donors (Lipinski definition) is 4. The van der Waals surface area contributed by atoms with Crippen molar-refractivity contribution in [1.29, 1.82) is 0 Å². The van der Waals surface area contributed by atoms with Crippen molar-refractivity contribution in [1.82, 2.24) is 5.32 Å². The summed E-state index contributed by atoms with van der Waals surface area (Å²) in [6.07, 6.45) is 0.167. The number of nitrogens with one attached hydrogen (secondary N) is 2. The minimum absolute atomic E-state index is 0.0350. The molecule has 0 spiro atoms. The van der Waals surface area contributed by atoms with E-state index >= 15 is 0 Å². The van der Waals surface area contributed by atoms with Crippen molar-refractivity contribution in [3.8, 4) is 5.75 Å². The van der Waals surface area contributed by atoms with Gasteiger partial charge in [0.1, 0.15) is 0 Å². The molecule has 0 radical (unpaired) electrons. The lowest BCUT2D eigenvalue weighted by Gasteiger charge is -2.08. The lowest BCUT2D eigenvalue weighted by Crippen LogP contribution is -2.26. The smallest absolute Gasteiger partial charge is 0.305 e. The number of carbonyl (C=O) groups excluding carboxylic acids is 2. The van der Waals surface area contributed by atoms with Gasteiger partial charge in [-0.2, -0.15) is 0 Å². The third kappa shape index (κ3) is 3.48. The Morgan fingerprint density at radius 2 is 2.06 bits per heavy atom. The van der Waals surface area contributed by atoms with Crippen LogP contribution in [0.3, 0.4) is 0 Å². The van der Waals surface area contributed by atoms with E-state index < -0.39 is 11.9 Å². The SMILES string of the molecule is O=CNc1cccc(C(=O)NCCC(=O)O)c1O. The number of hydrogen-bond acceptors (Lipinski definition) is 4. The van der Waals surface area contributed by atoms with Gasteiger partial charge in [-0.25, -0.2) is 0 Å². The molecule has 0 aliphatic heterocycles. The van der Waals surface area contributed by atoms with Crippen molar-refractivity contribution >= 4 is 24.0 Å². The third-order valence-electron chi connectivity index (χ3n) is 2.12. The van der Waals surface area contributed by atoms with E-state index in [1.807, 2.05) is 0 Å². The Kier molecular flexibility index (Phi) is 4.67. The van der Waals surface area contributed by atoms with Gasteiger partial charge in [0.15, 0.2) is 5.75 Å². The molecule has 0 aromatic heterocycles. The van der Waals surface area contributed by atoms with Crippen molar-refractivity contribution in [3.63, 3.8) is 0 Å². The fourth-order valence-corrected chi connectivity index (χ4v) is 1.28. The van der Waals surface area contributed by atoms with Crippen molar-refractivity contribution in [3.05, 3.63) is 23.8 Å². The third-order valence-corrected chi connectivity index (χ3v) is 2.12. The van der Waals surface area contributed by atoms with Crippen molar-refractivity contribution in [2.75, 3.05) is 11.9 Å². The number of carboxylic acids is 1. The Bertz CT molecular complexity index is 473. The minimum atomic E-state index is -1.03. The summed E-state index contributed by atoms with van der Waals surface area (Å²) in [6, 6.07) is 4.27. The fourth-order valence-electron chi connectivity index (χ4n) is 1.28. The standard InChI is InChI=1S/C11H12N2O5/c14-6-13-8-3-1-2-7(10(8)17)11(18)12-5-4-9(15)16/h1-3,6,17H,4-5H2,(H,12,18)(H,13,14)(H,15,16). The molecule has 0 atom stereocenters. The number of para-hydroxylation sites is 1. The molecule has 0 aliphatic rings. The lowest BCUT2D eigenvalue weighted by molar-refractivity contribution is -0.136. The number of phenolic OH excluding ortho intramolecular Hbond substituents is 1. The molecule has 1 aromatic carbocycles. The van der Waals surface area contributed by atoms with Crippen LogP contribution in [0.4, 0.5) is 5.69 Å². The van der Waals surface area contributed by atoms with E-state index in [1.165, 1.54) is 18.2 Å². The molecule has 0 saturated carbocycles. The number of benzene rings is 1. The van der Waals surface area contributed by atoms with E-state index in [-0.39, 0.29) is 30.0 Å². The normalized spacial score (nSPS) is 9.56. The monoisotopic (exact) mass is 252 g/mol. The number of aliphatic carboxylic acids is 1. The number of aromatic hydroxyl groups is 1. The first-order valence-corrected chi connectivity index (χ1v) is 5.08. The topological polar surface area (TPSA) is 116 Å². The molecule has 1 rings (SSSR count). The summed E-state index contributed by atoms with van der Waals surface area (Å²) in [5, 5.41) is 22.7. The zero-order valence-electron chi connectivity index (χ0n) is 9.34. The number of amides is 2. The molecular weight excluding hydrogens is 240 g/mol. The van der Waals surface area contributed by atoms with Crippen LogP contribution in [-0.4, -0.2) is 35.0 Å². The van der Waals surface area contributed by atoms with Crippen LogP contribution in [-0.2, 0) is 9.59 Å². The summed E-state index contributed by atoms with van der Waals surface area (Å²) in [4.78, 5) is 32.2. The first kappa shape index (κ1) is 13.5. The summed E-state index contributed by atoms with van der Waals surface area (Å²) in [7, 11) is 0. The molecule has 0 unspecified atom stereocenters. The van der Waals surface area contributed by atoms with Gasteiger partial charge in [-0.3, -0.25) is 14.4 Å². The Morgan fingerprint density at radius 3 is 2.67 bits per heavy atom. The zero-order valence-corrected chi connectivity index (χ0v) is 9.34. The Hall–Kier alpha value is -2.57. The summed E-state index contributed by atoms with van der Waals surface area (Å²) < 4.78 is 0. The largest absolute Gasteiger partial charge is 0.505 e. The molecule has 7 heteroatoms. The van der Waals surface area contributed by atoms with Crippen LogP contribution in [0.5, 0.6) is 5.75 Å². The van der Waals surface area contributed by atoms with Crippen LogP contribution in [0, 0.1) is 0 Å². The van der Waals surface area contributed by atoms with Gasteiger partial charge in [0.2, 0.25) is 6.41 Å². The molecule has 0 heterocycles. The second-order valence-corrected chi connectivity index (χ2v) is 3.36. The summed E-state index contributed by atoms with van der Waals surface area (Å²) >= 11 is 0. The van der Waals surface area contributed by atoms with Crippen LogP contribution < -0.4 is 10.6 Å². The molecule has 0 bridgehead atoms. The molecule has 4 N–H and O–H groups in total. The van der Waals surface area contributed by atoms with E-state index in [0.717, 1.165) is 0 Å². The quantitative estimate of drug-likeness (QED) is 0.425. The predicted molar refractivity (Wildman–Crippen MR) is 62.4 cm³/mol. The Morgan fingerprint density at radius 1 is 1.33 bits per heavy atom. The molecule has 1 aromatic rings. The van der Waals surface area contributed by atoms with Gasteiger partial charge in [0.05, 0.1) is 17.7 Å². The van der Waals surface area contributed by atoms with Crippen LogP contribution in [0.2, 0.25) is 0 Å². The maximum Gasteiger partial charge on any atom is 0.305 e. The van der Waals surface area contributed by atoms with Gasteiger partial charge in [-0.05, 0) is 12.1 Å². The van der Waals surface area contributed by atoms with Crippen LogP contribution in [0.25, 0.3) is 0 Å². The van der Waals surface area contributed by atoms with Gasteiger partial charge in [0, 0.05) is 6.54 Å². The maximum atomic E-state index is 11.6. The van der Waals surface area contributed by atoms with E-state index in [0.29, 0.717) is 6.41 Å². The molecule has 0 saturated heterocycles. The second kappa shape index (κ2) is 6.24. The molecule has 96 valence electrons. The molecule has 2 amide bonds. The second-order valence-electron chi connectivity index (χ2n) is 3.36. The highest BCUT2D eigenvalue weighted by atomic mass is 16.4. The predicted octanol–water partition coefficient (Wildman–Crippen LogP) is 0.165. The van der Waals surface area contributed by atoms with Crippen LogP contribution in [0.15, 0.2) is 18.2 Å². The molecule has 0 fully saturated rings. The zero-order chi connectivity index (χ0) is 13.5. The van der Waals surface area contributed by atoms with Gasteiger partial charge in [0.25, 0.3) is 5.91 Å². The molecule has 0 aliphatic carbocycles. The van der Waals surface area contributed by atoms with E-state index in [4.69, 9.17) is 5.11 Å². The first-order valence-electron chi connectivity index (χ1n) is 5.08. The Balaban J connectivity index is 2.76. The Labute approximate surface area is 102 Å². The fraction of sp³-hybridized carbons (Fsp3) is 0.182. The number of carbonyl (C=O) groups is 3. The maximum absolute atomic E-state index is 11.6. The summed E-state index contributed by atoms with van der Waals surface area (Å²) in [5.41, 5.74) is 0.0723. The van der Waals surface area contributed by atoms with Crippen molar-refractivity contribution in [2.45, 2.75) is 6.42 Å². The van der Waals surface area contributed by atoms with E-state index in [9.17, 15) is 19.5 Å². The summed E-state index contributed by atoms with van der Waals surface area (Å²) in [6.45, 7) is -0.0427. The van der Waals surface area contributed by atoms with Gasteiger partial charge in [-0.15, -0.1) is 0 Å². The van der Waals surface area contributed by atoms with E-state index in [1.54, 1.807) is 0 Å². The molecule has 7 nitrogen and oxygen atoms in total. The summed E-state index contributed by atoms with van der Waals surface area (Å²) in [5.74, 6) is -2.00. The van der Waals surface area contributed by atoms with Gasteiger partial charge in [-0.1, -0.05) is 6.07 Å². The van der Waals surface area contributed by atoms with Crippen LogP contribution >= 0.6 is 0 Å². The van der Waals surface area contributed by atoms with Crippen molar-refractivity contribution < 1.29 is 24.6 Å². The highest BCUT2D eigenvalue weighted by Gasteiger charge is 2.13. The van der Waals surface area contributed by atoms with E-state index in [2.05, 4.69) is 10.6 Å². The number of phenols is 1. The average Bonchev–Trinajstić information content (AvgIpc) is 2.31. The highest BCUT2D eigenvalue weighted by molar-refractivity contribution is 5.99. The number of carboxylic acid groups (broad SMARTS) is 1. The first-order chi connectivity index (χ1) is 8.56.